The van der Waals surface area contributed by atoms with Gasteiger partial charge >= 0.3 is 0 Å². The van der Waals surface area contributed by atoms with E-state index in [0.29, 0.717) is 5.91 Å². The highest BCUT2D eigenvalue weighted by molar-refractivity contribution is 5.78. The molecule has 3 heterocycles. The first kappa shape index (κ1) is 16.0. The van der Waals surface area contributed by atoms with Crippen molar-refractivity contribution in [2.75, 3.05) is 62.6 Å². The lowest BCUT2D eigenvalue weighted by molar-refractivity contribution is -0.127. The van der Waals surface area contributed by atoms with Crippen LogP contribution in [-0.2, 0) is 4.79 Å². The van der Waals surface area contributed by atoms with E-state index in [2.05, 4.69) is 32.0 Å². The first-order chi connectivity index (χ1) is 11.3. The number of carbonyl (C=O) groups is 1. The molecule has 1 aromatic heterocycles. The van der Waals surface area contributed by atoms with Crippen LogP contribution in [0.15, 0.2) is 12.3 Å². The van der Waals surface area contributed by atoms with E-state index >= 15 is 0 Å². The summed E-state index contributed by atoms with van der Waals surface area (Å²) in [5.74, 6) is 2.00. The third-order valence-electron chi connectivity index (χ3n) is 4.51. The van der Waals surface area contributed by atoms with E-state index in [1.165, 1.54) is 0 Å². The Labute approximate surface area is 137 Å². The van der Waals surface area contributed by atoms with Crippen LogP contribution in [-0.4, -0.2) is 78.0 Å². The maximum Gasteiger partial charge on any atom is 0.227 e. The number of hydrogen-bond acceptors (Lipinski definition) is 6. The lowest BCUT2D eigenvalue weighted by Crippen LogP contribution is -2.49. The summed E-state index contributed by atoms with van der Waals surface area (Å²) >= 11 is 0. The summed E-state index contributed by atoms with van der Waals surface area (Å²) < 4.78 is 0. The maximum absolute atomic E-state index is 11.6. The largest absolute Gasteiger partial charge is 0.370 e. The molecule has 0 unspecified atom stereocenters. The Morgan fingerprint density at radius 3 is 2.70 bits per heavy atom. The van der Waals surface area contributed by atoms with E-state index in [1.807, 2.05) is 17.2 Å². The lowest BCUT2D eigenvalue weighted by Gasteiger charge is -2.35. The fourth-order valence-corrected chi connectivity index (χ4v) is 3.15. The van der Waals surface area contributed by atoms with Crippen LogP contribution in [0.2, 0.25) is 0 Å². The average molecular weight is 318 g/mol. The van der Waals surface area contributed by atoms with Crippen molar-refractivity contribution in [3.05, 3.63) is 12.3 Å². The average Bonchev–Trinajstić information content (AvgIpc) is 2.99. The summed E-state index contributed by atoms with van der Waals surface area (Å²) in [6.45, 7) is 9.55. The first-order valence-electron chi connectivity index (χ1n) is 8.58. The number of likely N-dealkylation sites (tertiary alicyclic amines) is 1. The van der Waals surface area contributed by atoms with Gasteiger partial charge in [0.05, 0.1) is 0 Å². The van der Waals surface area contributed by atoms with Crippen molar-refractivity contribution in [3.8, 4) is 0 Å². The Kier molecular flexibility index (Phi) is 5.27. The normalized spacial score (nSPS) is 19.4. The van der Waals surface area contributed by atoms with Gasteiger partial charge in [-0.25, -0.2) is 4.98 Å². The minimum Gasteiger partial charge on any atom is -0.370 e. The molecule has 1 aromatic rings. The van der Waals surface area contributed by atoms with Gasteiger partial charge in [-0.05, 0) is 19.4 Å². The molecule has 2 aliphatic heterocycles. The van der Waals surface area contributed by atoms with Crippen LogP contribution in [0.4, 0.5) is 11.8 Å². The van der Waals surface area contributed by atoms with Gasteiger partial charge in [0, 0.05) is 65.0 Å². The van der Waals surface area contributed by atoms with E-state index in [1.54, 1.807) is 0 Å². The van der Waals surface area contributed by atoms with Gasteiger partial charge in [-0.2, -0.15) is 4.98 Å². The molecule has 0 aromatic carbocycles. The van der Waals surface area contributed by atoms with Crippen LogP contribution in [0.5, 0.6) is 0 Å². The van der Waals surface area contributed by atoms with Crippen molar-refractivity contribution in [2.45, 2.75) is 19.8 Å². The summed E-state index contributed by atoms with van der Waals surface area (Å²) in [6, 6.07) is 1.90. The van der Waals surface area contributed by atoms with Crippen LogP contribution in [0, 0.1) is 0 Å². The molecule has 2 fully saturated rings. The minimum atomic E-state index is 0.317. The van der Waals surface area contributed by atoms with Gasteiger partial charge < -0.3 is 15.1 Å². The fourth-order valence-electron chi connectivity index (χ4n) is 3.15. The van der Waals surface area contributed by atoms with Crippen molar-refractivity contribution < 1.29 is 4.79 Å². The molecule has 126 valence electrons. The van der Waals surface area contributed by atoms with E-state index < -0.39 is 0 Å². The molecule has 1 N–H and O–H groups in total. The maximum atomic E-state index is 11.6. The number of hydrogen-bond donors (Lipinski definition) is 1. The van der Waals surface area contributed by atoms with Crippen molar-refractivity contribution in [3.63, 3.8) is 0 Å². The second-order valence-electron chi connectivity index (χ2n) is 6.09. The summed E-state index contributed by atoms with van der Waals surface area (Å²) in [5.41, 5.74) is 0. The Hall–Kier alpha value is -1.89. The monoisotopic (exact) mass is 318 g/mol. The fraction of sp³-hybridized carbons (Fsp3) is 0.688. The number of nitrogens with one attached hydrogen (secondary N) is 1. The number of amides is 1. The summed E-state index contributed by atoms with van der Waals surface area (Å²) in [6.07, 6.45) is 3.56. The highest BCUT2D eigenvalue weighted by atomic mass is 16.2. The van der Waals surface area contributed by atoms with E-state index in [4.69, 9.17) is 0 Å². The van der Waals surface area contributed by atoms with Gasteiger partial charge in [0.15, 0.2) is 0 Å². The standard InChI is InChI=1S/C16H26N6O/c1-2-17-14-5-6-18-16(19-14)22-12-9-20(10-13-22)8-11-21-7-3-4-15(21)23/h5-6H,2-4,7-13H2,1H3,(H,17,18,19). The Morgan fingerprint density at radius 1 is 1.17 bits per heavy atom. The molecule has 2 aliphatic rings. The molecule has 0 aliphatic carbocycles. The molecule has 3 rings (SSSR count). The Morgan fingerprint density at radius 2 is 2.00 bits per heavy atom. The van der Waals surface area contributed by atoms with Crippen molar-refractivity contribution in [2.24, 2.45) is 0 Å². The zero-order valence-electron chi connectivity index (χ0n) is 13.9. The van der Waals surface area contributed by atoms with Crippen molar-refractivity contribution >= 4 is 17.7 Å². The van der Waals surface area contributed by atoms with Gasteiger partial charge in [0.2, 0.25) is 11.9 Å². The Balaban J connectivity index is 1.46. The SMILES string of the molecule is CCNc1ccnc(N2CCN(CCN3CCCC3=O)CC2)n1. The van der Waals surface area contributed by atoms with Crippen LogP contribution in [0.25, 0.3) is 0 Å². The molecule has 0 saturated carbocycles. The van der Waals surface area contributed by atoms with Gasteiger partial charge in [-0.3, -0.25) is 9.69 Å². The predicted molar refractivity (Wildman–Crippen MR) is 90.7 cm³/mol. The second kappa shape index (κ2) is 7.59. The number of carbonyl (C=O) groups excluding carboxylic acids is 1. The van der Waals surface area contributed by atoms with Gasteiger partial charge in [-0.15, -0.1) is 0 Å². The molecule has 0 atom stereocenters. The summed E-state index contributed by atoms with van der Waals surface area (Å²) in [7, 11) is 0. The molecule has 2 saturated heterocycles. The minimum absolute atomic E-state index is 0.317. The Bertz CT molecular complexity index is 529. The van der Waals surface area contributed by atoms with Gasteiger partial charge in [0.1, 0.15) is 5.82 Å². The molecule has 23 heavy (non-hydrogen) atoms. The van der Waals surface area contributed by atoms with Crippen LogP contribution < -0.4 is 10.2 Å². The molecule has 1 amide bonds. The van der Waals surface area contributed by atoms with Gasteiger partial charge in [0.25, 0.3) is 0 Å². The molecule has 0 bridgehead atoms. The summed E-state index contributed by atoms with van der Waals surface area (Å²) in [4.78, 5) is 27.3. The smallest absolute Gasteiger partial charge is 0.227 e. The number of anilines is 2. The summed E-state index contributed by atoms with van der Waals surface area (Å²) in [5, 5.41) is 3.23. The van der Waals surface area contributed by atoms with Gasteiger partial charge in [-0.1, -0.05) is 0 Å². The zero-order valence-corrected chi connectivity index (χ0v) is 13.9. The lowest BCUT2D eigenvalue weighted by atomic mass is 10.3. The third-order valence-corrected chi connectivity index (χ3v) is 4.51. The van der Waals surface area contributed by atoms with E-state index in [-0.39, 0.29) is 0 Å². The van der Waals surface area contributed by atoms with Crippen molar-refractivity contribution in [1.29, 1.82) is 0 Å². The molecule has 0 radical (unpaired) electrons. The number of aromatic nitrogens is 2. The zero-order chi connectivity index (χ0) is 16.1. The number of rotatable bonds is 6. The topological polar surface area (TPSA) is 64.6 Å². The molecular weight excluding hydrogens is 292 g/mol. The number of nitrogens with zero attached hydrogens (tertiary/aromatic N) is 5. The molecule has 7 heteroatoms. The van der Waals surface area contributed by atoms with Crippen LogP contribution >= 0.6 is 0 Å². The second-order valence-corrected chi connectivity index (χ2v) is 6.09. The van der Waals surface area contributed by atoms with E-state index in [0.717, 1.165) is 77.0 Å². The number of piperazine rings is 1. The van der Waals surface area contributed by atoms with Crippen LogP contribution in [0.3, 0.4) is 0 Å². The molecule has 7 nitrogen and oxygen atoms in total. The molecular formula is C16H26N6O. The quantitative estimate of drug-likeness (QED) is 0.831. The highest BCUT2D eigenvalue weighted by Gasteiger charge is 2.23. The third kappa shape index (κ3) is 4.10. The molecule has 0 spiro atoms. The first-order valence-corrected chi connectivity index (χ1v) is 8.58. The highest BCUT2D eigenvalue weighted by Crippen LogP contribution is 2.14. The predicted octanol–water partition coefficient (Wildman–Crippen LogP) is 0.653. The van der Waals surface area contributed by atoms with E-state index in [9.17, 15) is 4.79 Å². The van der Waals surface area contributed by atoms with Crippen LogP contribution in [0.1, 0.15) is 19.8 Å². The van der Waals surface area contributed by atoms with Crippen molar-refractivity contribution in [1.82, 2.24) is 19.8 Å².